The quantitative estimate of drug-likeness (QED) is 0.385. The Bertz CT molecular complexity index is 1040. The van der Waals surface area contributed by atoms with Gasteiger partial charge in [0.2, 0.25) is 0 Å². The van der Waals surface area contributed by atoms with Crippen molar-refractivity contribution in [2.24, 2.45) is 0 Å². The number of morpholine rings is 1. The summed E-state index contributed by atoms with van der Waals surface area (Å²) < 4.78 is 5.54. The number of nitro benzene ring substituents is 2. The van der Waals surface area contributed by atoms with Gasteiger partial charge in [-0.05, 0) is 31.4 Å². The summed E-state index contributed by atoms with van der Waals surface area (Å²) >= 11 is 2.97. The first-order valence-electron chi connectivity index (χ1n) is 10.4. The standard InChI is InChI=1S/C22H23N3O5S2/c26-24(27)16-6-1-3-8-18(16)31-20-10-5-11-21(22(20)23-12-14-30-15-13-23)32-19-9-4-2-7-17(19)25(28)29/h1-4,6-9,20H,5,10-15H2/t20-/m1/s1. The van der Waals surface area contributed by atoms with Gasteiger partial charge in [-0.25, -0.2) is 0 Å². The Morgan fingerprint density at radius 1 is 0.906 bits per heavy atom. The van der Waals surface area contributed by atoms with Crippen LogP contribution in [0.3, 0.4) is 0 Å². The molecule has 1 aliphatic heterocycles. The van der Waals surface area contributed by atoms with Crippen molar-refractivity contribution in [1.29, 1.82) is 0 Å². The number of hydrogen-bond donors (Lipinski definition) is 0. The van der Waals surface area contributed by atoms with E-state index in [-0.39, 0.29) is 26.5 Å². The van der Waals surface area contributed by atoms with Gasteiger partial charge >= 0.3 is 0 Å². The van der Waals surface area contributed by atoms with Crippen molar-refractivity contribution in [1.82, 2.24) is 4.90 Å². The van der Waals surface area contributed by atoms with Crippen molar-refractivity contribution >= 4 is 34.9 Å². The van der Waals surface area contributed by atoms with E-state index >= 15 is 0 Å². The van der Waals surface area contributed by atoms with Crippen LogP contribution in [-0.2, 0) is 4.74 Å². The molecule has 2 aromatic carbocycles. The first kappa shape index (κ1) is 22.6. The highest BCUT2D eigenvalue weighted by molar-refractivity contribution is 8.03. The lowest BCUT2D eigenvalue weighted by Gasteiger charge is -2.39. The van der Waals surface area contributed by atoms with E-state index in [1.807, 2.05) is 12.1 Å². The number of hydrogen-bond acceptors (Lipinski definition) is 8. The molecule has 1 heterocycles. The van der Waals surface area contributed by atoms with Crippen LogP contribution in [0.4, 0.5) is 11.4 Å². The molecule has 1 fully saturated rings. The minimum atomic E-state index is -0.348. The van der Waals surface area contributed by atoms with Gasteiger partial charge in [0.05, 0.1) is 38.1 Å². The molecule has 10 heteroatoms. The monoisotopic (exact) mass is 473 g/mol. The van der Waals surface area contributed by atoms with Gasteiger partial charge in [-0.15, -0.1) is 11.8 Å². The second-order valence-corrected chi connectivity index (χ2v) is 9.84. The Hall–Kier alpha value is -2.56. The lowest BCUT2D eigenvalue weighted by Crippen LogP contribution is -2.40. The molecule has 0 amide bonds. The van der Waals surface area contributed by atoms with Gasteiger partial charge in [0.25, 0.3) is 11.4 Å². The molecule has 8 nitrogen and oxygen atoms in total. The largest absolute Gasteiger partial charge is 0.378 e. The normalized spacial score (nSPS) is 19.1. The fourth-order valence-corrected chi connectivity index (χ4v) is 6.75. The van der Waals surface area contributed by atoms with Gasteiger partial charge in [-0.1, -0.05) is 36.0 Å². The summed E-state index contributed by atoms with van der Waals surface area (Å²) in [5.41, 5.74) is 1.34. The minimum Gasteiger partial charge on any atom is -0.378 e. The van der Waals surface area contributed by atoms with Crippen molar-refractivity contribution in [3.63, 3.8) is 0 Å². The molecule has 4 rings (SSSR count). The zero-order valence-corrected chi connectivity index (χ0v) is 19.0. The van der Waals surface area contributed by atoms with Crippen molar-refractivity contribution in [3.05, 3.63) is 79.4 Å². The molecule has 0 unspecified atom stereocenters. The first-order chi connectivity index (χ1) is 15.5. The molecule has 0 bridgehead atoms. The van der Waals surface area contributed by atoms with E-state index in [1.54, 1.807) is 24.3 Å². The van der Waals surface area contributed by atoms with Crippen LogP contribution >= 0.6 is 23.5 Å². The van der Waals surface area contributed by atoms with Crippen LogP contribution in [0.2, 0.25) is 0 Å². The van der Waals surface area contributed by atoms with E-state index in [4.69, 9.17) is 4.74 Å². The van der Waals surface area contributed by atoms with Crippen LogP contribution in [0.5, 0.6) is 0 Å². The van der Waals surface area contributed by atoms with Crippen LogP contribution < -0.4 is 0 Å². The molecule has 0 radical (unpaired) electrons. The van der Waals surface area contributed by atoms with Crippen molar-refractivity contribution in [3.8, 4) is 0 Å². The molecule has 0 saturated carbocycles. The molecule has 0 spiro atoms. The lowest BCUT2D eigenvalue weighted by atomic mass is 10.0. The van der Waals surface area contributed by atoms with Crippen molar-refractivity contribution in [2.45, 2.75) is 34.3 Å². The molecule has 0 aromatic heterocycles. The second-order valence-electron chi connectivity index (χ2n) is 7.46. The van der Waals surface area contributed by atoms with Crippen LogP contribution in [0.25, 0.3) is 0 Å². The zero-order chi connectivity index (χ0) is 22.5. The Morgan fingerprint density at radius 2 is 1.50 bits per heavy atom. The summed E-state index contributed by atoms with van der Waals surface area (Å²) in [7, 11) is 0. The molecule has 1 aliphatic carbocycles. The van der Waals surface area contributed by atoms with Crippen LogP contribution in [0, 0.1) is 20.2 Å². The number of allylic oxidation sites excluding steroid dienone is 1. The third kappa shape index (κ3) is 5.08. The van der Waals surface area contributed by atoms with Gasteiger partial charge in [0.1, 0.15) is 0 Å². The topological polar surface area (TPSA) is 98.8 Å². The maximum Gasteiger partial charge on any atom is 0.283 e. The molecular formula is C22H23N3O5S2. The van der Waals surface area contributed by atoms with Crippen molar-refractivity contribution in [2.75, 3.05) is 26.3 Å². The Labute approximate surface area is 194 Å². The Kier molecular flexibility index (Phi) is 7.33. The number of para-hydroxylation sites is 2. The molecular weight excluding hydrogens is 450 g/mol. The molecule has 168 valence electrons. The molecule has 2 aliphatic rings. The molecule has 1 saturated heterocycles. The lowest BCUT2D eigenvalue weighted by molar-refractivity contribution is -0.387. The first-order valence-corrected chi connectivity index (χ1v) is 12.1. The Balaban J connectivity index is 1.72. The van der Waals surface area contributed by atoms with E-state index in [0.29, 0.717) is 23.0 Å². The maximum absolute atomic E-state index is 11.5. The van der Waals surface area contributed by atoms with Crippen LogP contribution in [0.15, 0.2) is 68.9 Å². The smallest absolute Gasteiger partial charge is 0.283 e. The van der Waals surface area contributed by atoms with Gasteiger partial charge in [0.15, 0.2) is 0 Å². The van der Waals surface area contributed by atoms with Crippen molar-refractivity contribution < 1.29 is 14.6 Å². The van der Waals surface area contributed by atoms with E-state index in [2.05, 4.69) is 4.90 Å². The minimum absolute atomic E-state index is 0.0354. The highest BCUT2D eigenvalue weighted by Gasteiger charge is 2.32. The predicted octanol–water partition coefficient (Wildman–Crippen LogP) is 5.48. The summed E-state index contributed by atoms with van der Waals surface area (Å²) in [6.07, 6.45) is 2.65. The average Bonchev–Trinajstić information content (AvgIpc) is 2.80. The van der Waals surface area contributed by atoms with Crippen LogP contribution in [0.1, 0.15) is 19.3 Å². The third-order valence-corrected chi connectivity index (χ3v) is 8.01. The fourth-order valence-electron chi connectivity index (χ4n) is 3.98. The third-order valence-electron chi connectivity index (χ3n) is 5.44. The molecule has 2 aromatic rings. The molecule has 0 N–H and O–H groups in total. The van der Waals surface area contributed by atoms with E-state index in [0.717, 1.165) is 43.0 Å². The predicted molar refractivity (Wildman–Crippen MR) is 125 cm³/mol. The summed E-state index contributed by atoms with van der Waals surface area (Å²) in [6.45, 7) is 2.72. The number of nitrogens with zero attached hydrogens (tertiary/aromatic N) is 3. The maximum atomic E-state index is 11.5. The summed E-state index contributed by atoms with van der Waals surface area (Å²) in [6, 6.07) is 13.6. The number of nitro groups is 2. The fraction of sp³-hybridized carbons (Fsp3) is 0.364. The summed E-state index contributed by atoms with van der Waals surface area (Å²) in [4.78, 5) is 27.0. The highest BCUT2D eigenvalue weighted by atomic mass is 32.2. The summed E-state index contributed by atoms with van der Waals surface area (Å²) in [5, 5.41) is 23.1. The summed E-state index contributed by atoms with van der Waals surface area (Å²) in [5.74, 6) is 0. The van der Waals surface area contributed by atoms with E-state index in [9.17, 15) is 20.2 Å². The SMILES string of the molecule is O=[N+]([O-])c1ccccc1SC1=C(N2CCOCC2)[C@H](Sc2ccccc2[N+](=O)[O-])CCC1. The Morgan fingerprint density at radius 3 is 2.16 bits per heavy atom. The van der Waals surface area contributed by atoms with Gasteiger partial charge < -0.3 is 9.64 Å². The average molecular weight is 474 g/mol. The van der Waals surface area contributed by atoms with E-state index < -0.39 is 0 Å². The highest BCUT2D eigenvalue weighted by Crippen LogP contribution is 2.47. The molecule has 32 heavy (non-hydrogen) atoms. The molecule has 1 atom stereocenters. The second kappa shape index (κ2) is 10.4. The van der Waals surface area contributed by atoms with Crippen LogP contribution in [-0.4, -0.2) is 46.3 Å². The number of thioether (sulfide) groups is 2. The zero-order valence-electron chi connectivity index (χ0n) is 17.3. The van der Waals surface area contributed by atoms with Gasteiger partial charge in [-0.2, -0.15) is 0 Å². The van der Waals surface area contributed by atoms with E-state index in [1.165, 1.54) is 35.7 Å². The number of ether oxygens (including phenoxy) is 1. The van der Waals surface area contributed by atoms with Gasteiger partial charge in [-0.3, -0.25) is 20.2 Å². The number of rotatable bonds is 7. The van der Waals surface area contributed by atoms with Gasteiger partial charge in [0, 0.05) is 35.8 Å². The number of benzene rings is 2.